The van der Waals surface area contributed by atoms with Gasteiger partial charge in [-0.3, -0.25) is 9.78 Å². The van der Waals surface area contributed by atoms with Gasteiger partial charge in [-0.2, -0.15) is 0 Å². The lowest BCUT2D eigenvalue weighted by Gasteiger charge is -2.13. The molecule has 2 unspecified atom stereocenters. The van der Waals surface area contributed by atoms with Crippen LogP contribution in [0.4, 0.5) is 0 Å². The number of hydrogen-bond donors (Lipinski definition) is 2. The number of pyridine rings is 1. The molecule has 1 amide bonds. The fourth-order valence-corrected chi connectivity index (χ4v) is 2.45. The van der Waals surface area contributed by atoms with Gasteiger partial charge < -0.3 is 15.2 Å². The normalized spacial score (nSPS) is 20.7. The van der Waals surface area contributed by atoms with Crippen LogP contribution in [0.2, 0.25) is 0 Å². The average Bonchev–Trinajstić information content (AvgIpc) is 2.95. The monoisotopic (exact) mass is 288 g/mol. The van der Waals surface area contributed by atoms with Gasteiger partial charge in [-0.05, 0) is 25.3 Å². The van der Waals surface area contributed by atoms with Crippen molar-refractivity contribution in [3.05, 3.63) is 29.6 Å². The van der Waals surface area contributed by atoms with Gasteiger partial charge in [0.1, 0.15) is 0 Å². The minimum atomic E-state index is -0.132. The molecule has 1 aromatic rings. The molecule has 1 aromatic heterocycles. The quantitative estimate of drug-likeness (QED) is 0.814. The molecule has 2 N–H and O–H groups in total. The van der Waals surface area contributed by atoms with Crippen LogP contribution in [0.1, 0.15) is 41.6 Å². The number of ether oxygens (including phenoxy) is 1. The fraction of sp³-hybridized carbons (Fsp3) is 0.500. The molecule has 0 spiro atoms. The molecule has 0 aromatic carbocycles. The molecule has 0 aliphatic heterocycles. The standard InChI is InChI=1S/C16H20N2O3/c1-21-14-6-5-13(10-14)18-16(20)15-7-8-17-11-12(15)4-2-3-9-19/h7-8,11,13-14,19H,3,5-6,9-10H2,1H3,(H,18,20). The smallest absolute Gasteiger partial charge is 0.252 e. The van der Waals surface area contributed by atoms with Crippen LogP contribution in [0.3, 0.4) is 0 Å². The Hall–Kier alpha value is -1.90. The van der Waals surface area contributed by atoms with Gasteiger partial charge >= 0.3 is 0 Å². The second-order valence-electron chi connectivity index (χ2n) is 5.04. The van der Waals surface area contributed by atoms with E-state index in [9.17, 15) is 4.79 Å². The van der Waals surface area contributed by atoms with Crippen molar-refractivity contribution in [3.8, 4) is 11.8 Å². The molecule has 1 aliphatic rings. The molecular formula is C16H20N2O3. The largest absolute Gasteiger partial charge is 0.395 e. The van der Waals surface area contributed by atoms with E-state index in [4.69, 9.17) is 9.84 Å². The van der Waals surface area contributed by atoms with Crippen LogP contribution in [0.5, 0.6) is 0 Å². The highest BCUT2D eigenvalue weighted by Gasteiger charge is 2.26. The Bertz CT molecular complexity index is 548. The first-order chi connectivity index (χ1) is 10.2. The van der Waals surface area contributed by atoms with Crippen molar-refractivity contribution in [2.45, 2.75) is 37.8 Å². The highest BCUT2D eigenvalue weighted by atomic mass is 16.5. The van der Waals surface area contributed by atoms with Crippen LogP contribution in [0.15, 0.2) is 18.5 Å². The van der Waals surface area contributed by atoms with Gasteiger partial charge in [-0.1, -0.05) is 11.8 Å². The van der Waals surface area contributed by atoms with Crippen molar-refractivity contribution < 1.29 is 14.6 Å². The molecule has 0 radical (unpaired) electrons. The summed E-state index contributed by atoms with van der Waals surface area (Å²) in [7, 11) is 1.70. The Labute approximate surface area is 124 Å². The first kappa shape index (κ1) is 15.5. The van der Waals surface area contributed by atoms with E-state index in [-0.39, 0.29) is 24.7 Å². The topological polar surface area (TPSA) is 71.5 Å². The zero-order valence-electron chi connectivity index (χ0n) is 12.1. The molecule has 5 heteroatoms. The maximum Gasteiger partial charge on any atom is 0.252 e. The predicted octanol–water partition coefficient (Wildman–Crippen LogP) is 1.11. The number of hydrogen-bond acceptors (Lipinski definition) is 4. The zero-order valence-corrected chi connectivity index (χ0v) is 12.1. The Morgan fingerprint density at radius 3 is 3.14 bits per heavy atom. The zero-order chi connectivity index (χ0) is 15.1. The summed E-state index contributed by atoms with van der Waals surface area (Å²) in [5.41, 5.74) is 1.11. The fourth-order valence-electron chi connectivity index (χ4n) is 2.45. The highest BCUT2D eigenvalue weighted by Crippen LogP contribution is 2.21. The summed E-state index contributed by atoms with van der Waals surface area (Å²) in [5.74, 6) is 5.57. The third kappa shape index (κ3) is 4.28. The Morgan fingerprint density at radius 2 is 2.43 bits per heavy atom. The van der Waals surface area contributed by atoms with Crippen LogP contribution in [0, 0.1) is 11.8 Å². The van der Waals surface area contributed by atoms with Gasteiger partial charge in [0.05, 0.1) is 23.8 Å². The number of amides is 1. The van der Waals surface area contributed by atoms with E-state index in [2.05, 4.69) is 22.1 Å². The van der Waals surface area contributed by atoms with Crippen LogP contribution in [-0.2, 0) is 4.74 Å². The van der Waals surface area contributed by atoms with Crippen molar-refractivity contribution in [3.63, 3.8) is 0 Å². The molecule has 0 bridgehead atoms. The minimum Gasteiger partial charge on any atom is -0.395 e. The maximum absolute atomic E-state index is 12.4. The molecule has 1 saturated carbocycles. The Balaban J connectivity index is 2.04. The second kappa shape index (κ2) is 7.77. The number of aliphatic hydroxyl groups is 1. The number of carbonyl (C=O) groups is 1. The highest BCUT2D eigenvalue weighted by molar-refractivity contribution is 5.96. The van der Waals surface area contributed by atoms with Gasteiger partial charge in [0, 0.05) is 32.0 Å². The Morgan fingerprint density at radius 1 is 1.57 bits per heavy atom. The lowest BCUT2D eigenvalue weighted by Crippen LogP contribution is -2.33. The van der Waals surface area contributed by atoms with Crippen molar-refractivity contribution in [2.24, 2.45) is 0 Å². The van der Waals surface area contributed by atoms with E-state index < -0.39 is 0 Å². The molecule has 112 valence electrons. The van der Waals surface area contributed by atoms with E-state index in [1.165, 1.54) is 0 Å². The van der Waals surface area contributed by atoms with Crippen molar-refractivity contribution in [1.82, 2.24) is 10.3 Å². The Kier molecular flexibility index (Phi) is 5.73. The van der Waals surface area contributed by atoms with E-state index in [0.717, 1.165) is 19.3 Å². The summed E-state index contributed by atoms with van der Waals surface area (Å²) >= 11 is 0. The molecule has 21 heavy (non-hydrogen) atoms. The number of nitrogens with one attached hydrogen (secondary N) is 1. The summed E-state index contributed by atoms with van der Waals surface area (Å²) in [6.45, 7) is 0.00920. The number of methoxy groups -OCH3 is 1. The summed E-state index contributed by atoms with van der Waals surface area (Å²) in [5, 5.41) is 11.8. The maximum atomic E-state index is 12.4. The first-order valence-corrected chi connectivity index (χ1v) is 7.12. The van der Waals surface area contributed by atoms with Crippen LogP contribution >= 0.6 is 0 Å². The van der Waals surface area contributed by atoms with E-state index in [1.54, 1.807) is 25.6 Å². The summed E-state index contributed by atoms with van der Waals surface area (Å²) < 4.78 is 5.31. The molecule has 0 saturated heterocycles. The van der Waals surface area contributed by atoms with E-state index >= 15 is 0 Å². The number of rotatable bonds is 4. The molecule has 1 fully saturated rings. The van der Waals surface area contributed by atoms with Crippen molar-refractivity contribution in [2.75, 3.05) is 13.7 Å². The van der Waals surface area contributed by atoms with Gasteiger partial charge in [0.15, 0.2) is 0 Å². The molecule has 2 atom stereocenters. The van der Waals surface area contributed by atoms with Gasteiger partial charge in [-0.15, -0.1) is 0 Å². The molecule has 5 nitrogen and oxygen atoms in total. The van der Waals surface area contributed by atoms with Gasteiger partial charge in [-0.25, -0.2) is 0 Å². The SMILES string of the molecule is COC1CCC(NC(=O)c2ccncc2C#CCCO)C1. The summed E-state index contributed by atoms with van der Waals surface area (Å²) in [6.07, 6.45) is 6.52. The van der Waals surface area contributed by atoms with Crippen LogP contribution in [0.25, 0.3) is 0 Å². The lowest BCUT2D eigenvalue weighted by molar-refractivity contribution is 0.0914. The van der Waals surface area contributed by atoms with Crippen molar-refractivity contribution in [1.29, 1.82) is 0 Å². The predicted molar refractivity (Wildman–Crippen MR) is 78.7 cm³/mol. The third-order valence-electron chi connectivity index (χ3n) is 3.58. The lowest BCUT2D eigenvalue weighted by atomic mass is 10.1. The van der Waals surface area contributed by atoms with E-state index in [0.29, 0.717) is 17.5 Å². The van der Waals surface area contributed by atoms with Gasteiger partial charge in [0.2, 0.25) is 0 Å². The second-order valence-corrected chi connectivity index (χ2v) is 5.04. The van der Waals surface area contributed by atoms with Crippen molar-refractivity contribution >= 4 is 5.91 Å². The third-order valence-corrected chi connectivity index (χ3v) is 3.58. The van der Waals surface area contributed by atoms with Gasteiger partial charge in [0.25, 0.3) is 5.91 Å². The summed E-state index contributed by atoms with van der Waals surface area (Å²) in [6, 6.07) is 1.81. The average molecular weight is 288 g/mol. The van der Waals surface area contributed by atoms with E-state index in [1.807, 2.05) is 0 Å². The molecule has 1 heterocycles. The van der Waals surface area contributed by atoms with Crippen LogP contribution in [-0.4, -0.2) is 41.9 Å². The number of aliphatic hydroxyl groups excluding tert-OH is 1. The molecule has 1 aliphatic carbocycles. The molecule has 2 rings (SSSR count). The molecular weight excluding hydrogens is 268 g/mol. The van der Waals surface area contributed by atoms with Crippen LogP contribution < -0.4 is 5.32 Å². The number of nitrogens with zero attached hydrogens (tertiary/aromatic N) is 1. The number of aromatic nitrogens is 1. The number of carbonyl (C=O) groups excluding carboxylic acids is 1. The minimum absolute atomic E-state index is 0.00920. The summed E-state index contributed by atoms with van der Waals surface area (Å²) in [4.78, 5) is 16.4. The first-order valence-electron chi connectivity index (χ1n) is 7.12.